The first-order valence-electron chi connectivity index (χ1n) is 8.25. The van der Waals surface area contributed by atoms with Crippen molar-refractivity contribution < 1.29 is 39.0 Å². The lowest BCUT2D eigenvalue weighted by Gasteiger charge is -2.24. The molecule has 152 valence electrons. The molecule has 0 bridgehead atoms. The van der Waals surface area contributed by atoms with Crippen molar-refractivity contribution in [3.05, 3.63) is 23.0 Å². The number of hydrogen-bond acceptors (Lipinski definition) is 8. The van der Waals surface area contributed by atoms with Crippen LogP contribution in [-0.2, 0) is 27.0 Å². The summed E-state index contributed by atoms with van der Waals surface area (Å²) >= 11 is 0. The molecule has 1 aromatic rings. The van der Waals surface area contributed by atoms with Gasteiger partial charge in [-0.2, -0.15) is 0 Å². The molecule has 0 saturated heterocycles. The van der Waals surface area contributed by atoms with Gasteiger partial charge in [-0.25, -0.2) is 4.57 Å². The molecule has 12 heteroatoms. The standard InChI is InChI=1S/C15H24N3O8P/c1-7-13(19)11(9(4-17-7)6-26-27(23,24)25)5-18-12-3-8(15(21)22)2-10(12)14(16)20/h4,8,10,12,14,18-20H,2-3,5-6,16H2,1H3,(H,21,22)(H2,23,24,25)/t8-,10+,12-,14?/m1/s1. The van der Waals surface area contributed by atoms with Crippen LogP contribution in [0.1, 0.15) is 29.7 Å². The van der Waals surface area contributed by atoms with E-state index in [4.69, 9.17) is 15.5 Å². The van der Waals surface area contributed by atoms with Gasteiger partial charge in [0.05, 0.1) is 18.2 Å². The number of aryl methyl sites for hydroxylation is 1. The average Bonchev–Trinajstić information content (AvgIpc) is 2.99. The minimum absolute atomic E-state index is 0.0509. The van der Waals surface area contributed by atoms with E-state index in [0.717, 1.165) is 0 Å². The molecule has 0 aromatic carbocycles. The molecule has 2 rings (SSSR count). The highest BCUT2D eigenvalue weighted by molar-refractivity contribution is 7.46. The second-order valence-corrected chi connectivity index (χ2v) is 7.85. The number of nitrogens with two attached hydrogens (primary N) is 1. The number of carbonyl (C=O) groups is 1. The van der Waals surface area contributed by atoms with E-state index < -0.39 is 44.5 Å². The van der Waals surface area contributed by atoms with Crippen molar-refractivity contribution in [1.82, 2.24) is 10.3 Å². The quantitative estimate of drug-likeness (QED) is 0.218. The number of pyridine rings is 1. The molecule has 1 heterocycles. The summed E-state index contributed by atoms with van der Waals surface area (Å²) in [6, 6.07) is -0.408. The van der Waals surface area contributed by atoms with Gasteiger partial charge >= 0.3 is 13.8 Å². The fourth-order valence-electron chi connectivity index (χ4n) is 3.28. The van der Waals surface area contributed by atoms with Crippen molar-refractivity contribution in [1.29, 1.82) is 0 Å². The summed E-state index contributed by atoms with van der Waals surface area (Å²) in [6.45, 7) is 1.15. The summed E-state index contributed by atoms with van der Waals surface area (Å²) in [6.07, 6.45) is 0.622. The van der Waals surface area contributed by atoms with Gasteiger partial charge in [0.1, 0.15) is 12.0 Å². The van der Waals surface area contributed by atoms with E-state index in [9.17, 15) is 24.7 Å². The molecule has 1 unspecified atom stereocenters. The summed E-state index contributed by atoms with van der Waals surface area (Å²) in [7, 11) is -4.70. The molecule has 1 fully saturated rings. The molecular formula is C15H24N3O8P. The number of carboxylic acid groups (broad SMARTS) is 1. The van der Waals surface area contributed by atoms with Crippen LogP contribution in [0.4, 0.5) is 0 Å². The van der Waals surface area contributed by atoms with E-state index in [1.54, 1.807) is 6.92 Å². The third-order valence-electron chi connectivity index (χ3n) is 4.76. The van der Waals surface area contributed by atoms with Crippen molar-refractivity contribution in [3.63, 3.8) is 0 Å². The summed E-state index contributed by atoms with van der Waals surface area (Å²) in [4.78, 5) is 32.9. The van der Waals surface area contributed by atoms with Crippen molar-refractivity contribution in [2.45, 2.75) is 45.2 Å². The van der Waals surface area contributed by atoms with Crippen LogP contribution in [0, 0.1) is 18.8 Å². The van der Waals surface area contributed by atoms with Gasteiger partial charge < -0.3 is 36.2 Å². The molecule has 4 atom stereocenters. The molecule has 1 aliphatic carbocycles. The van der Waals surface area contributed by atoms with Gasteiger partial charge in [0, 0.05) is 35.8 Å². The monoisotopic (exact) mass is 405 g/mol. The van der Waals surface area contributed by atoms with E-state index in [1.165, 1.54) is 6.20 Å². The zero-order chi connectivity index (χ0) is 20.4. The molecule has 0 radical (unpaired) electrons. The molecule has 1 aliphatic rings. The maximum atomic E-state index is 11.2. The predicted molar refractivity (Wildman–Crippen MR) is 92.1 cm³/mol. The van der Waals surface area contributed by atoms with Crippen LogP contribution >= 0.6 is 7.82 Å². The first-order chi connectivity index (χ1) is 12.5. The van der Waals surface area contributed by atoms with Crippen LogP contribution < -0.4 is 11.1 Å². The molecule has 0 aliphatic heterocycles. The topological polar surface area (TPSA) is 195 Å². The number of phosphoric acid groups is 1. The molecule has 1 saturated carbocycles. The van der Waals surface area contributed by atoms with Gasteiger partial charge in [-0.3, -0.25) is 14.3 Å². The number of nitrogens with one attached hydrogen (secondary N) is 1. The number of aliphatic hydroxyl groups is 1. The van der Waals surface area contributed by atoms with Crippen LogP contribution in [0.15, 0.2) is 6.20 Å². The highest BCUT2D eigenvalue weighted by Crippen LogP contribution is 2.38. The third kappa shape index (κ3) is 5.69. The average molecular weight is 405 g/mol. The first kappa shape index (κ1) is 21.7. The molecule has 0 spiro atoms. The van der Waals surface area contributed by atoms with Gasteiger partial charge in [0.2, 0.25) is 0 Å². The summed E-state index contributed by atoms with van der Waals surface area (Å²) in [5, 5.41) is 32.3. The van der Waals surface area contributed by atoms with E-state index in [2.05, 4.69) is 14.8 Å². The zero-order valence-electron chi connectivity index (χ0n) is 14.6. The Morgan fingerprint density at radius 1 is 1.48 bits per heavy atom. The minimum Gasteiger partial charge on any atom is -0.506 e. The fourth-order valence-corrected chi connectivity index (χ4v) is 3.58. The molecule has 27 heavy (non-hydrogen) atoms. The van der Waals surface area contributed by atoms with Gasteiger partial charge in [-0.1, -0.05) is 0 Å². The number of phosphoric ester groups is 1. The Labute approximate surface area is 155 Å². The number of aliphatic carboxylic acids is 1. The van der Waals surface area contributed by atoms with Gasteiger partial charge in [0.25, 0.3) is 0 Å². The molecular weight excluding hydrogens is 381 g/mol. The van der Waals surface area contributed by atoms with E-state index in [1.807, 2.05) is 0 Å². The highest BCUT2D eigenvalue weighted by atomic mass is 31.2. The Morgan fingerprint density at radius 3 is 2.70 bits per heavy atom. The lowest BCUT2D eigenvalue weighted by molar-refractivity contribution is -0.141. The lowest BCUT2D eigenvalue weighted by atomic mass is 10.0. The third-order valence-corrected chi connectivity index (χ3v) is 5.22. The number of hydrogen-bond donors (Lipinski definition) is 7. The van der Waals surface area contributed by atoms with Gasteiger partial charge in [0.15, 0.2) is 0 Å². The maximum absolute atomic E-state index is 11.2. The van der Waals surface area contributed by atoms with Crippen LogP contribution in [0.3, 0.4) is 0 Å². The molecule has 1 aromatic heterocycles. The summed E-state index contributed by atoms with van der Waals surface area (Å²) in [5.74, 6) is -2.25. The SMILES string of the molecule is Cc1ncc(COP(=O)(O)O)c(CN[C@@H]2C[C@H](C(=O)O)C[C@@H]2C(N)O)c1O. The van der Waals surface area contributed by atoms with Crippen molar-refractivity contribution in [3.8, 4) is 5.75 Å². The predicted octanol–water partition coefficient (Wildman–Crippen LogP) is -0.449. The smallest absolute Gasteiger partial charge is 0.469 e. The second kappa shape index (κ2) is 8.61. The maximum Gasteiger partial charge on any atom is 0.469 e. The second-order valence-electron chi connectivity index (χ2n) is 6.61. The number of aromatic nitrogens is 1. The number of rotatable bonds is 8. The Balaban J connectivity index is 2.17. The molecule has 0 amide bonds. The van der Waals surface area contributed by atoms with Crippen molar-refractivity contribution in [2.75, 3.05) is 0 Å². The fraction of sp³-hybridized carbons (Fsp3) is 0.600. The normalized spacial score (nSPS) is 24.1. The Kier molecular flexibility index (Phi) is 6.92. The Hall–Kier alpha value is -1.59. The highest BCUT2D eigenvalue weighted by Gasteiger charge is 2.40. The Morgan fingerprint density at radius 2 is 2.15 bits per heavy atom. The van der Waals surface area contributed by atoms with Crippen LogP contribution in [0.25, 0.3) is 0 Å². The van der Waals surface area contributed by atoms with Gasteiger partial charge in [-0.15, -0.1) is 0 Å². The number of nitrogens with zero attached hydrogens (tertiary/aromatic N) is 1. The van der Waals surface area contributed by atoms with Gasteiger partial charge in [-0.05, 0) is 19.8 Å². The summed E-state index contributed by atoms with van der Waals surface area (Å²) < 4.78 is 15.4. The number of aromatic hydroxyl groups is 1. The van der Waals surface area contributed by atoms with Crippen molar-refractivity contribution >= 4 is 13.8 Å². The zero-order valence-corrected chi connectivity index (χ0v) is 15.5. The van der Waals surface area contributed by atoms with E-state index in [0.29, 0.717) is 11.3 Å². The van der Waals surface area contributed by atoms with Crippen LogP contribution in [0.5, 0.6) is 5.75 Å². The number of carboxylic acids is 1. The minimum atomic E-state index is -4.70. The van der Waals surface area contributed by atoms with Crippen LogP contribution in [0.2, 0.25) is 0 Å². The summed E-state index contributed by atoms with van der Waals surface area (Å²) in [5.41, 5.74) is 6.46. The lowest BCUT2D eigenvalue weighted by Crippen LogP contribution is -2.41. The number of aliphatic hydroxyl groups excluding tert-OH is 1. The Bertz CT molecular complexity index is 738. The van der Waals surface area contributed by atoms with Crippen molar-refractivity contribution in [2.24, 2.45) is 17.6 Å². The molecule has 8 N–H and O–H groups in total. The van der Waals surface area contributed by atoms with E-state index in [-0.39, 0.29) is 30.7 Å². The van der Waals surface area contributed by atoms with E-state index >= 15 is 0 Å². The van der Waals surface area contributed by atoms with Crippen LogP contribution in [-0.4, -0.2) is 48.3 Å². The largest absolute Gasteiger partial charge is 0.506 e. The first-order valence-corrected chi connectivity index (χ1v) is 9.79. The molecule has 11 nitrogen and oxygen atoms in total.